The fraction of sp³-hybridized carbons (Fsp3) is 0.688. The molecule has 0 N–H and O–H groups in total. The van der Waals surface area contributed by atoms with Gasteiger partial charge in [0, 0.05) is 31.1 Å². The Bertz CT molecular complexity index is 456. The van der Waals surface area contributed by atoms with E-state index in [2.05, 4.69) is 27.8 Å². The Morgan fingerprint density at radius 2 is 2.10 bits per heavy atom. The van der Waals surface area contributed by atoms with Crippen molar-refractivity contribution in [1.82, 2.24) is 14.7 Å². The van der Waals surface area contributed by atoms with E-state index in [1.165, 1.54) is 30.8 Å². The Balaban J connectivity index is 1.63. The van der Waals surface area contributed by atoms with Crippen LogP contribution in [0, 0.1) is 0 Å². The van der Waals surface area contributed by atoms with Gasteiger partial charge in [0.15, 0.2) is 0 Å². The van der Waals surface area contributed by atoms with Crippen LogP contribution >= 0.6 is 11.3 Å². The molecule has 1 aromatic heterocycles. The molecule has 0 bridgehead atoms. The van der Waals surface area contributed by atoms with Crippen molar-refractivity contribution in [2.75, 3.05) is 46.3 Å². The second-order valence-corrected chi connectivity index (χ2v) is 7.30. The maximum Gasteiger partial charge on any atom is 0.228 e. The lowest BCUT2D eigenvalue weighted by atomic mass is 10.1. The minimum Gasteiger partial charge on any atom is -0.336 e. The molecule has 0 aliphatic carbocycles. The number of nitrogens with zero attached hydrogens (tertiary/aromatic N) is 3. The smallest absolute Gasteiger partial charge is 0.228 e. The highest BCUT2D eigenvalue weighted by atomic mass is 32.1. The third-order valence-electron chi connectivity index (χ3n) is 4.58. The molecule has 2 aliphatic rings. The number of rotatable bonds is 4. The maximum absolute atomic E-state index is 12.7. The normalized spacial score (nSPS) is 24.6. The van der Waals surface area contributed by atoms with Gasteiger partial charge in [-0.1, -0.05) is 6.07 Å². The SMILES string of the molecule is CN1CCN(C(=O)Cc2cccs2)C(CN2CCCC2)C1. The molecule has 3 rings (SSSR count). The van der Waals surface area contributed by atoms with Crippen LogP contribution < -0.4 is 0 Å². The minimum atomic E-state index is 0.301. The van der Waals surface area contributed by atoms with E-state index < -0.39 is 0 Å². The maximum atomic E-state index is 12.7. The van der Waals surface area contributed by atoms with E-state index in [1.54, 1.807) is 11.3 Å². The van der Waals surface area contributed by atoms with E-state index >= 15 is 0 Å². The van der Waals surface area contributed by atoms with Crippen LogP contribution in [0.3, 0.4) is 0 Å². The highest BCUT2D eigenvalue weighted by molar-refractivity contribution is 7.10. The van der Waals surface area contributed by atoms with Crippen LogP contribution in [-0.2, 0) is 11.2 Å². The monoisotopic (exact) mass is 307 g/mol. The van der Waals surface area contributed by atoms with Gasteiger partial charge in [0.25, 0.3) is 0 Å². The van der Waals surface area contributed by atoms with Gasteiger partial charge >= 0.3 is 0 Å². The first kappa shape index (κ1) is 15.0. The van der Waals surface area contributed by atoms with Gasteiger partial charge in [-0.2, -0.15) is 0 Å². The fourth-order valence-corrected chi connectivity index (χ4v) is 4.12. The zero-order valence-corrected chi connectivity index (χ0v) is 13.6. The van der Waals surface area contributed by atoms with Crippen molar-refractivity contribution in [1.29, 1.82) is 0 Å². The number of carbonyl (C=O) groups is 1. The van der Waals surface area contributed by atoms with E-state index in [9.17, 15) is 4.79 Å². The number of likely N-dealkylation sites (N-methyl/N-ethyl adjacent to an activating group) is 1. The number of thiophene rings is 1. The van der Waals surface area contributed by atoms with Crippen molar-refractivity contribution in [3.8, 4) is 0 Å². The Kier molecular flexibility index (Phi) is 4.93. The molecular formula is C16H25N3OS. The summed E-state index contributed by atoms with van der Waals surface area (Å²) in [6.45, 7) is 6.32. The van der Waals surface area contributed by atoms with Crippen molar-refractivity contribution >= 4 is 17.2 Å². The topological polar surface area (TPSA) is 26.8 Å². The van der Waals surface area contributed by atoms with Crippen LogP contribution in [0.5, 0.6) is 0 Å². The van der Waals surface area contributed by atoms with Crippen molar-refractivity contribution < 1.29 is 4.79 Å². The summed E-state index contributed by atoms with van der Waals surface area (Å²) >= 11 is 1.68. The standard InChI is InChI=1S/C16H25N3OS/c1-17-8-9-19(16(20)11-15-5-4-10-21-15)14(12-17)13-18-6-2-3-7-18/h4-5,10,14H,2-3,6-9,11-13H2,1H3. The number of piperazine rings is 1. The van der Waals surface area contributed by atoms with E-state index in [-0.39, 0.29) is 0 Å². The largest absolute Gasteiger partial charge is 0.336 e. The average Bonchev–Trinajstić information content (AvgIpc) is 3.12. The van der Waals surface area contributed by atoms with E-state index in [0.717, 1.165) is 26.2 Å². The predicted molar refractivity (Wildman–Crippen MR) is 86.7 cm³/mol. The second kappa shape index (κ2) is 6.90. The summed E-state index contributed by atoms with van der Waals surface area (Å²) in [4.78, 5) is 20.8. The molecular weight excluding hydrogens is 282 g/mol. The van der Waals surface area contributed by atoms with Crippen LogP contribution in [0.25, 0.3) is 0 Å². The number of hydrogen-bond acceptors (Lipinski definition) is 4. The molecule has 1 unspecified atom stereocenters. The van der Waals surface area contributed by atoms with Crippen LogP contribution in [0.15, 0.2) is 17.5 Å². The molecule has 1 aromatic rings. The van der Waals surface area contributed by atoms with Gasteiger partial charge < -0.3 is 14.7 Å². The van der Waals surface area contributed by atoms with Crippen LogP contribution in [0.4, 0.5) is 0 Å². The second-order valence-electron chi connectivity index (χ2n) is 6.27. The molecule has 0 saturated carbocycles. The first-order valence-corrected chi connectivity index (χ1v) is 8.83. The Hall–Kier alpha value is -0.910. The third kappa shape index (κ3) is 3.84. The van der Waals surface area contributed by atoms with Crippen LogP contribution in [-0.4, -0.2) is 73.0 Å². The van der Waals surface area contributed by atoms with Crippen LogP contribution in [0.2, 0.25) is 0 Å². The van der Waals surface area contributed by atoms with Crippen molar-refractivity contribution in [2.24, 2.45) is 0 Å². The van der Waals surface area contributed by atoms with Crippen molar-refractivity contribution in [3.05, 3.63) is 22.4 Å². The van der Waals surface area contributed by atoms with Gasteiger partial charge in [0.05, 0.1) is 12.5 Å². The molecule has 2 aliphatic heterocycles. The van der Waals surface area contributed by atoms with E-state index in [1.807, 2.05) is 11.4 Å². The lowest BCUT2D eigenvalue weighted by molar-refractivity contribution is -0.135. The highest BCUT2D eigenvalue weighted by Crippen LogP contribution is 2.17. The molecule has 2 saturated heterocycles. The number of likely N-dealkylation sites (tertiary alicyclic amines) is 1. The molecule has 3 heterocycles. The molecule has 0 aromatic carbocycles. The fourth-order valence-electron chi connectivity index (χ4n) is 3.42. The minimum absolute atomic E-state index is 0.301. The first-order chi connectivity index (χ1) is 10.2. The summed E-state index contributed by atoms with van der Waals surface area (Å²) in [7, 11) is 2.16. The van der Waals surface area contributed by atoms with Gasteiger partial charge in [-0.15, -0.1) is 11.3 Å². The molecule has 4 nitrogen and oxygen atoms in total. The Labute approximate surface area is 131 Å². The zero-order chi connectivity index (χ0) is 14.7. The summed E-state index contributed by atoms with van der Waals surface area (Å²) in [5.74, 6) is 0.301. The summed E-state index contributed by atoms with van der Waals surface area (Å²) in [5.41, 5.74) is 0. The lowest BCUT2D eigenvalue weighted by Crippen LogP contribution is -2.57. The van der Waals surface area contributed by atoms with Gasteiger partial charge in [0.2, 0.25) is 5.91 Å². The van der Waals surface area contributed by atoms with Gasteiger partial charge in [-0.25, -0.2) is 0 Å². The zero-order valence-electron chi connectivity index (χ0n) is 12.8. The van der Waals surface area contributed by atoms with Crippen LogP contribution in [0.1, 0.15) is 17.7 Å². The predicted octanol–water partition coefficient (Wildman–Crippen LogP) is 1.53. The molecule has 116 valence electrons. The molecule has 1 amide bonds. The molecule has 2 fully saturated rings. The number of amides is 1. The summed E-state index contributed by atoms with van der Waals surface area (Å²) in [6.07, 6.45) is 3.19. The Morgan fingerprint density at radius 1 is 1.29 bits per heavy atom. The number of hydrogen-bond donors (Lipinski definition) is 0. The Morgan fingerprint density at radius 3 is 2.81 bits per heavy atom. The first-order valence-electron chi connectivity index (χ1n) is 7.95. The van der Waals surface area contributed by atoms with Gasteiger partial charge in [-0.3, -0.25) is 4.79 Å². The highest BCUT2D eigenvalue weighted by Gasteiger charge is 2.31. The third-order valence-corrected chi connectivity index (χ3v) is 5.46. The van der Waals surface area contributed by atoms with E-state index in [0.29, 0.717) is 18.4 Å². The van der Waals surface area contributed by atoms with Crippen molar-refractivity contribution in [3.63, 3.8) is 0 Å². The van der Waals surface area contributed by atoms with Crippen molar-refractivity contribution in [2.45, 2.75) is 25.3 Å². The molecule has 1 atom stereocenters. The summed E-state index contributed by atoms with van der Waals surface area (Å²) in [6, 6.07) is 4.45. The van der Waals surface area contributed by atoms with Gasteiger partial charge in [0.1, 0.15) is 0 Å². The quantitative estimate of drug-likeness (QED) is 0.844. The average molecular weight is 307 g/mol. The van der Waals surface area contributed by atoms with E-state index in [4.69, 9.17) is 0 Å². The summed E-state index contributed by atoms with van der Waals surface area (Å²) < 4.78 is 0. The number of carbonyl (C=O) groups excluding carboxylic acids is 1. The lowest BCUT2D eigenvalue weighted by Gasteiger charge is -2.41. The molecule has 0 radical (unpaired) electrons. The molecule has 21 heavy (non-hydrogen) atoms. The summed E-state index contributed by atoms with van der Waals surface area (Å²) in [5, 5.41) is 2.05. The van der Waals surface area contributed by atoms with Gasteiger partial charge in [-0.05, 0) is 44.4 Å². The molecule has 5 heteroatoms. The molecule has 0 spiro atoms.